The molecule has 2 rings (SSSR count). The van der Waals surface area contributed by atoms with Gasteiger partial charge in [0.25, 0.3) is 0 Å². The van der Waals surface area contributed by atoms with Crippen molar-refractivity contribution in [3.63, 3.8) is 0 Å². The first-order valence-electron chi connectivity index (χ1n) is 5.55. The van der Waals surface area contributed by atoms with Gasteiger partial charge in [-0.2, -0.15) is 0 Å². The Morgan fingerprint density at radius 3 is 2.79 bits per heavy atom. The van der Waals surface area contributed by atoms with Gasteiger partial charge in [0.15, 0.2) is 16.1 Å². The maximum atomic E-state index is 11.6. The standard InChI is InChI=1S/C13H12N2O3S/c1-17-13(16)10-11(12(19)15-8-14-10)18-7-9-5-3-2-4-6-9/h2-6,8H,7H2,1H3,(H,14,15,19). The summed E-state index contributed by atoms with van der Waals surface area (Å²) in [7, 11) is 1.29. The van der Waals surface area contributed by atoms with E-state index in [2.05, 4.69) is 14.7 Å². The van der Waals surface area contributed by atoms with E-state index < -0.39 is 5.97 Å². The normalized spacial score (nSPS) is 9.95. The molecule has 1 aromatic heterocycles. The van der Waals surface area contributed by atoms with Crippen LogP contribution >= 0.6 is 12.2 Å². The molecule has 6 heteroatoms. The van der Waals surface area contributed by atoms with Crippen molar-refractivity contribution in [3.8, 4) is 5.75 Å². The quantitative estimate of drug-likeness (QED) is 0.686. The number of ether oxygens (including phenoxy) is 2. The van der Waals surface area contributed by atoms with Gasteiger partial charge in [-0.25, -0.2) is 9.78 Å². The zero-order chi connectivity index (χ0) is 13.7. The third-order valence-corrected chi connectivity index (χ3v) is 2.72. The number of esters is 1. The van der Waals surface area contributed by atoms with Crippen molar-refractivity contribution in [1.82, 2.24) is 9.97 Å². The molecule has 0 spiro atoms. The van der Waals surface area contributed by atoms with Gasteiger partial charge in [-0.15, -0.1) is 0 Å². The van der Waals surface area contributed by atoms with Gasteiger partial charge in [0, 0.05) is 0 Å². The van der Waals surface area contributed by atoms with Crippen LogP contribution in [-0.2, 0) is 11.3 Å². The average Bonchev–Trinajstić information content (AvgIpc) is 2.46. The van der Waals surface area contributed by atoms with E-state index in [4.69, 9.17) is 17.0 Å². The third kappa shape index (κ3) is 3.17. The van der Waals surface area contributed by atoms with Crippen molar-refractivity contribution >= 4 is 18.2 Å². The van der Waals surface area contributed by atoms with Gasteiger partial charge in [-0.3, -0.25) is 0 Å². The predicted molar refractivity (Wildman–Crippen MR) is 71.5 cm³/mol. The lowest BCUT2D eigenvalue weighted by atomic mass is 10.2. The lowest BCUT2D eigenvalue weighted by Gasteiger charge is -2.09. The van der Waals surface area contributed by atoms with Crippen LogP contribution in [-0.4, -0.2) is 23.0 Å². The molecule has 1 aromatic carbocycles. The molecule has 0 aliphatic carbocycles. The highest BCUT2D eigenvalue weighted by Crippen LogP contribution is 2.18. The van der Waals surface area contributed by atoms with E-state index in [0.717, 1.165) is 5.56 Å². The molecule has 0 unspecified atom stereocenters. The SMILES string of the molecule is COC(=O)c1[nH]cnc(=S)c1OCc1ccccc1. The Morgan fingerprint density at radius 2 is 2.11 bits per heavy atom. The van der Waals surface area contributed by atoms with Crippen LogP contribution in [0, 0.1) is 4.64 Å². The Labute approximate surface area is 115 Å². The van der Waals surface area contributed by atoms with Gasteiger partial charge in [0.2, 0.25) is 0 Å². The summed E-state index contributed by atoms with van der Waals surface area (Å²) < 4.78 is 10.5. The number of nitrogens with one attached hydrogen (secondary N) is 1. The number of rotatable bonds is 4. The van der Waals surface area contributed by atoms with E-state index >= 15 is 0 Å². The number of methoxy groups -OCH3 is 1. The molecule has 1 heterocycles. The van der Waals surface area contributed by atoms with Crippen molar-refractivity contribution in [2.45, 2.75) is 6.61 Å². The van der Waals surface area contributed by atoms with E-state index in [1.165, 1.54) is 13.4 Å². The van der Waals surface area contributed by atoms with Crippen LogP contribution in [0.2, 0.25) is 0 Å². The Bertz CT molecular complexity index is 625. The molecule has 0 saturated heterocycles. The topological polar surface area (TPSA) is 64.2 Å². The van der Waals surface area contributed by atoms with Crippen molar-refractivity contribution in [1.29, 1.82) is 0 Å². The Balaban J connectivity index is 2.24. The summed E-state index contributed by atoms with van der Waals surface area (Å²) in [5.41, 5.74) is 1.13. The van der Waals surface area contributed by atoms with Gasteiger partial charge < -0.3 is 14.5 Å². The van der Waals surface area contributed by atoms with E-state index in [1.54, 1.807) is 0 Å². The number of hydrogen-bond donors (Lipinski definition) is 1. The molecule has 0 amide bonds. The fourth-order valence-corrected chi connectivity index (χ4v) is 1.72. The summed E-state index contributed by atoms with van der Waals surface area (Å²) in [5.74, 6) is -0.315. The molecule has 0 atom stereocenters. The van der Waals surface area contributed by atoms with Gasteiger partial charge in [-0.05, 0) is 5.56 Å². The fourth-order valence-electron chi connectivity index (χ4n) is 1.50. The van der Waals surface area contributed by atoms with Gasteiger partial charge in [0.05, 0.1) is 13.4 Å². The minimum absolute atomic E-state index is 0.165. The molecular formula is C13H12N2O3S. The Morgan fingerprint density at radius 1 is 1.37 bits per heavy atom. The highest BCUT2D eigenvalue weighted by Gasteiger charge is 2.15. The maximum absolute atomic E-state index is 11.6. The van der Waals surface area contributed by atoms with E-state index in [0.29, 0.717) is 6.61 Å². The number of hydrogen-bond acceptors (Lipinski definition) is 5. The second-order valence-electron chi connectivity index (χ2n) is 3.68. The summed E-state index contributed by atoms with van der Waals surface area (Å²) in [6, 6.07) is 9.56. The number of aromatic amines is 1. The molecule has 0 bridgehead atoms. The molecule has 0 aliphatic rings. The number of H-pyrrole nitrogens is 1. The monoisotopic (exact) mass is 276 g/mol. The van der Waals surface area contributed by atoms with Gasteiger partial charge in [-0.1, -0.05) is 42.5 Å². The highest BCUT2D eigenvalue weighted by molar-refractivity contribution is 7.71. The van der Waals surface area contributed by atoms with Crippen LogP contribution in [0.15, 0.2) is 36.7 Å². The number of carbonyl (C=O) groups excluding carboxylic acids is 1. The molecule has 19 heavy (non-hydrogen) atoms. The summed E-state index contributed by atoms with van der Waals surface area (Å²) in [5, 5.41) is 0. The summed E-state index contributed by atoms with van der Waals surface area (Å²) in [4.78, 5) is 18.2. The number of nitrogens with zero attached hydrogens (tertiary/aromatic N) is 1. The van der Waals surface area contributed by atoms with Crippen molar-refractivity contribution in [2.24, 2.45) is 0 Å². The summed E-state index contributed by atoms with van der Waals surface area (Å²) in [6.45, 7) is 0.300. The van der Waals surface area contributed by atoms with Crippen molar-refractivity contribution < 1.29 is 14.3 Å². The average molecular weight is 276 g/mol. The largest absolute Gasteiger partial charge is 0.483 e. The van der Waals surface area contributed by atoms with Gasteiger partial charge >= 0.3 is 5.97 Å². The predicted octanol–water partition coefficient (Wildman–Crippen LogP) is 2.50. The summed E-state index contributed by atoms with van der Waals surface area (Å²) in [6.07, 6.45) is 1.34. The number of aromatic nitrogens is 2. The van der Waals surface area contributed by atoms with Crippen LogP contribution in [0.4, 0.5) is 0 Å². The molecule has 2 aromatic rings. The molecular weight excluding hydrogens is 264 g/mol. The first kappa shape index (κ1) is 13.2. The summed E-state index contributed by atoms with van der Waals surface area (Å²) >= 11 is 5.06. The zero-order valence-electron chi connectivity index (χ0n) is 10.3. The first-order valence-corrected chi connectivity index (χ1v) is 5.96. The Hall–Kier alpha value is -2.21. The van der Waals surface area contributed by atoms with Crippen LogP contribution in [0.25, 0.3) is 0 Å². The number of benzene rings is 1. The molecule has 0 fully saturated rings. The van der Waals surface area contributed by atoms with Crippen molar-refractivity contribution in [2.75, 3.05) is 7.11 Å². The number of carbonyl (C=O) groups is 1. The Kier molecular flexibility index (Phi) is 4.25. The second kappa shape index (κ2) is 6.10. The second-order valence-corrected chi connectivity index (χ2v) is 4.06. The van der Waals surface area contributed by atoms with E-state index in [-0.39, 0.29) is 16.1 Å². The van der Waals surface area contributed by atoms with Crippen LogP contribution < -0.4 is 4.74 Å². The highest BCUT2D eigenvalue weighted by atomic mass is 32.1. The van der Waals surface area contributed by atoms with Crippen molar-refractivity contribution in [3.05, 3.63) is 52.6 Å². The zero-order valence-corrected chi connectivity index (χ0v) is 11.1. The maximum Gasteiger partial charge on any atom is 0.358 e. The molecule has 0 saturated carbocycles. The first-order chi connectivity index (χ1) is 9.22. The molecule has 0 aliphatic heterocycles. The minimum atomic E-state index is -0.545. The van der Waals surface area contributed by atoms with E-state index in [1.807, 2.05) is 30.3 Å². The minimum Gasteiger partial charge on any atom is -0.483 e. The molecule has 98 valence electrons. The van der Waals surface area contributed by atoms with E-state index in [9.17, 15) is 4.79 Å². The lowest BCUT2D eigenvalue weighted by Crippen LogP contribution is -2.09. The molecule has 1 N–H and O–H groups in total. The molecule has 5 nitrogen and oxygen atoms in total. The smallest absolute Gasteiger partial charge is 0.358 e. The van der Waals surface area contributed by atoms with Crippen LogP contribution in [0.3, 0.4) is 0 Å². The molecule has 0 radical (unpaired) electrons. The van der Waals surface area contributed by atoms with Crippen LogP contribution in [0.1, 0.15) is 16.1 Å². The third-order valence-electron chi connectivity index (χ3n) is 2.43. The van der Waals surface area contributed by atoms with Gasteiger partial charge in [0.1, 0.15) is 6.61 Å². The van der Waals surface area contributed by atoms with Crippen LogP contribution in [0.5, 0.6) is 5.75 Å². The fraction of sp³-hybridized carbons (Fsp3) is 0.154. The lowest BCUT2D eigenvalue weighted by molar-refractivity contribution is 0.0587.